The van der Waals surface area contributed by atoms with Crippen LogP contribution in [0.3, 0.4) is 0 Å². The molecule has 0 radical (unpaired) electrons. The fraction of sp³-hybridized carbons (Fsp3) is 0.130. The van der Waals surface area contributed by atoms with Gasteiger partial charge in [0.15, 0.2) is 0 Å². The molecule has 0 fully saturated rings. The van der Waals surface area contributed by atoms with Crippen molar-refractivity contribution >= 4 is 21.5 Å². The van der Waals surface area contributed by atoms with Crippen LogP contribution in [0, 0.1) is 0 Å². The average molecular weight is 325 g/mol. The SMILES string of the molecule is C[N+]1(N)Cc2ccc3ccccc3c2-c2c(ccc3ccccc23)C1. The van der Waals surface area contributed by atoms with Crippen LogP contribution >= 0.6 is 0 Å². The lowest BCUT2D eigenvalue weighted by atomic mass is 9.88. The van der Waals surface area contributed by atoms with Gasteiger partial charge in [-0.2, -0.15) is 5.84 Å². The second kappa shape index (κ2) is 5.16. The topological polar surface area (TPSA) is 26.0 Å². The first-order valence-electron chi connectivity index (χ1n) is 8.77. The maximum absolute atomic E-state index is 6.63. The van der Waals surface area contributed by atoms with Crippen LogP contribution < -0.4 is 5.84 Å². The van der Waals surface area contributed by atoms with Gasteiger partial charge in [0.05, 0.1) is 7.05 Å². The molecule has 0 unspecified atom stereocenters. The molecule has 2 N–H and O–H groups in total. The monoisotopic (exact) mass is 325 g/mol. The summed E-state index contributed by atoms with van der Waals surface area (Å²) >= 11 is 0. The van der Waals surface area contributed by atoms with E-state index < -0.39 is 0 Å². The van der Waals surface area contributed by atoms with Gasteiger partial charge in [-0.15, -0.1) is 0 Å². The number of rotatable bonds is 0. The van der Waals surface area contributed by atoms with Crippen molar-refractivity contribution < 1.29 is 4.59 Å². The third-order valence-corrected chi connectivity index (χ3v) is 5.34. The standard InChI is InChI=1S/C23H21N2/c1-25(24)14-18-12-10-16-6-2-4-8-20(16)22(18)23-19(15-25)13-11-17-7-3-5-9-21(17)23/h2-13H,14-15,24H2,1H3/q+1. The predicted molar refractivity (Wildman–Crippen MR) is 105 cm³/mol. The largest absolute Gasteiger partial charge is 0.243 e. The number of nitrogens with two attached hydrogens (primary N) is 1. The second-order valence-electron chi connectivity index (χ2n) is 7.44. The lowest BCUT2D eigenvalue weighted by Crippen LogP contribution is -2.48. The van der Waals surface area contributed by atoms with Crippen LogP contribution in [0.25, 0.3) is 32.7 Å². The zero-order chi connectivity index (χ0) is 17.0. The average Bonchev–Trinajstić information content (AvgIpc) is 2.73. The highest BCUT2D eigenvalue weighted by atomic mass is 15.6. The highest BCUT2D eigenvalue weighted by Crippen LogP contribution is 2.42. The van der Waals surface area contributed by atoms with Gasteiger partial charge in [0.1, 0.15) is 13.1 Å². The molecule has 1 heterocycles. The minimum atomic E-state index is 0.483. The van der Waals surface area contributed by atoms with Crippen molar-refractivity contribution in [1.29, 1.82) is 0 Å². The summed E-state index contributed by atoms with van der Waals surface area (Å²) in [5, 5.41) is 5.21. The molecule has 0 spiro atoms. The van der Waals surface area contributed by atoms with Gasteiger partial charge in [0, 0.05) is 11.1 Å². The van der Waals surface area contributed by atoms with Crippen molar-refractivity contribution in [3.05, 3.63) is 83.9 Å². The van der Waals surface area contributed by atoms with Gasteiger partial charge < -0.3 is 0 Å². The van der Waals surface area contributed by atoms with Crippen molar-refractivity contribution in [1.82, 2.24) is 0 Å². The molecule has 122 valence electrons. The van der Waals surface area contributed by atoms with Crippen molar-refractivity contribution in [2.45, 2.75) is 13.1 Å². The maximum Gasteiger partial charge on any atom is 0.122 e. The van der Waals surface area contributed by atoms with E-state index in [1.165, 1.54) is 43.8 Å². The number of nitrogens with zero attached hydrogens (tertiary/aromatic N) is 1. The lowest BCUT2D eigenvalue weighted by molar-refractivity contribution is -0.946. The highest BCUT2D eigenvalue weighted by Gasteiger charge is 2.29. The van der Waals surface area contributed by atoms with Crippen LogP contribution in [0.15, 0.2) is 72.8 Å². The molecule has 1 aliphatic rings. The van der Waals surface area contributed by atoms with Gasteiger partial charge in [-0.3, -0.25) is 0 Å². The number of benzene rings is 4. The van der Waals surface area contributed by atoms with Crippen molar-refractivity contribution in [3.63, 3.8) is 0 Å². The lowest BCUT2D eigenvalue weighted by Gasteiger charge is -2.27. The van der Waals surface area contributed by atoms with Crippen molar-refractivity contribution in [2.75, 3.05) is 7.05 Å². The Labute approximate surface area is 147 Å². The minimum absolute atomic E-state index is 0.483. The second-order valence-corrected chi connectivity index (χ2v) is 7.44. The quantitative estimate of drug-likeness (QED) is 0.357. The van der Waals surface area contributed by atoms with E-state index in [9.17, 15) is 0 Å². The van der Waals surface area contributed by atoms with E-state index >= 15 is 0 Å². The number of hydrogen-bond acceptors (Lipinski definition) is 1. The Bertz CT molecular complexity index is 1040. The molecule has 1 aliphatic heterocycles. The van der Waals surface area contributed by atoms with Gasteiger partial charge in [-0.1, -0.05) is 72.8 Å². The molecule has 2 heteroatoms. The van der Waals surface area contributed by atoms with E-state index in [0.717, 1.165) is 13.1 Å². The minimum Gasteiger partial charge on any atom is -0.243 e. The van der Waals surface area contributed by atoms with E-state index in [-0.39, 0.29) is 0 Å². The molecule has 25 heavy (non-hydrogen) atoms. The van der Waals surface area contributed by atoms with E-state index in [1.807, 2.05) is 0 Å². The Morgan fingerprint density at radius 1 is 0.640 bits per heavy atom. The van der Waals surface area contributed by atoms with Gasteiger partial charge in [-0.25, -0.2) is 4.59 Å². The van der Waals surface area contributed by atoms with E-state index in [2.05, 4.69) is 79.8 Å². The Kier molecular flexibility index (Phi) is 3.02. The van der Waals surface area contributed by atoms with Gasteiger partial charge in [-0.05, 0) is 32.7 Å². The Morgan fingerprint density at radius 3 is 1.56 bits per heavy atom. The van der Waals surface area contributed by atoms with Crippen LogP contribution in [0.4, 0.5) is 0 Å². The smallest absolute Gasteiger partial charge is 0.122 e. The molecule has 0 saturated heterocycles. The zero-order valence-electron chi connectivity index (χ0n) is 14.4. The third-order valence-electron chi connectivity index (χ3n) is 5.34. The number of quaternary nitrogens is 1. The number of fused-ring (bicyclic) bond motifs is 7. The van der Waals surface area contributed by atoms with Crippen LogP contribution in [0.2, 0.25) is 0 Å². The first kappa shape index (κ1) is 14.6. The van der Waals surface area contributed by atoms with Crippen LogP contribution in [0.5, 0.6) is 0 Å². The van der Waals surface area contributed by atoms with Crippen LogP contribution in [0.1, 0.15) is 11.1 Å². The van der Waals surface area contributed by atoms with E-state index in [4.69, 9.17) is 5.84 Å². The third kappa shape index (κ3) is 2.26. The van der Waals surface area contributed by atoms with Gasteiger partial charge >= 0.3 is 0 Å². The van der Waals surface area contributed by atoms with Crippen LogP contribution in [-0.2, 0) is 13.1 Å². The molecule has 0 aromatic heterocycles. The summed E-state index contributed by atoms with van der Waals surface area (Å²) in [6.45, 7) is 1.67. The van der Waals surface area contributed by atoms with Gasteiger partial charge in [0.25, 0.3) is 0 Å². The van der Waals surface area contributed by atoms with E-state index in [1.54, 1.807) is 0 Å². The summed E-state index contributed by atoms with van der Waals surface area (Å²) in [6.07, 6.45) is 0. The molecule has 0 bridgehead atoms. The first-order valence-corrected chi connectivity index (χ1v) is 8.77. The van der Waals surface area contributed by atoms with Crippen LogP contribution in [-0.4, -0.2) is 11.6 Å². The fourth-order valence-electron chi connectivity index (χ4n) is 4.32. The molecular weight excluding hydrogens is 304 g/mol. The fourth-order valence-corrected chi connectivity index (χ4v) is 4.32. The molecule has 5 rings (SSSR count). The molecule has 0 aliphatic carbocycles. The zero-order valence-corrected chi connectivity index (χ0v) is 14.4. The summed E-state index contributed by atoms with van der Waals surface area (Å²) < 4.78 is 0.483. The summed E-state index contributed by atoms with van der Waals surface area (Å²) in [4.78, 5) is 0. The molecule has 4 aromatic rings. The van der Waals surface area contributed by atoms with Gasteiger partial charge in [0.2, 0.25) is 0 Å². The van der Waals surface area contributed by atoms with E-state index in [0.29, 0.717) is 4.59 Å². The summed E-state index contributed by atoms with van der Waals surface area (Å²) in [6, 6.07) is 26.3. The summed E-state index contributed by atoms with van der Waals surface area (Å²) in [5.74, 6) is 6.63. The summed E-state index contributed by atoms with van der Waals surface area (Å²) in [5.41, 5.74) is 5.38. The Hall–Kier alpha value is -2.68. The molecular formula is C23H21N2+. The first-order chi connectivity index (χ1) is 12.1. The maximum atomic E-state index is 6.63. The molecule has 0 atom stereocenters. The van der Waals surface area contributed by atoms with Crippen molar-refractivity contribution in [3.8, 4) is 11.1 Å². The molecule has 0 saturated carbocycles. The normalized spacial score (nSPS) is 15.6. The van der Waals surface area contributed by atoms with Crippen molar-refractivity contribution in [2.24, 2.45) is 5.84 Å². The molecule has 2 nitrogen and oxygen atoms in total. The summed E-state index contributed by atoms with van der Waals surface area (Å²) in [7, 11) is 2.11. The predicted octanol–water partition coefficient (Wildman–Crippen LogP) is 4.99. The number of hydrogen-bond donors (Lipinski definition) is 1. The molecule has 4 aromatic carbocycles. The Morgan fingerprint density at radius 2 is 1.08 bits per heavy atom. The highest BCUT2D eigenvalue weighted by molar-refractivity contribution is 6.07. The Balaban J connectivity index is 2.00. The molecule has 0 amide bonds.